The molecular weight excluding hydrogens is 276 g/mol. The summed E-state index contributed by atoms with van der Waals surface area (Å²) in [5.41, 5.74) is 1.94. The van der Waals surface area contributed by atoms with Crippen molar-refractivity contribution in [3.63, 3.8) is 0 Å². The van der Waals surface area contributed by atoms with Gasteiger partial charge in [0.1, 0.15) is 0 Å². The van der Waals surface area contributed by atoms with E-state index in [2.05, 4.69) is 12.1 Å². The van der Waals surface area contributed by atoms with Crippen LogP contribution in [0.4, 0.5) is 0 Å². The van der Waals surface area contributed by atoms with Gasteiger partial charge in [-0.15, -0.1) is 0 Å². The number of aryl methyl sites for hydroxylation is 1. The van der Waals surface area contributed by atoms with Gasteiger partial charge in [-0.1, -0.05) is 60.7 Å². The maximum atomic E-state index is 12.5. The lowest BCUT2D eigenvalue weighted by atomic mass is 9.97. The summed E-state index contributed by atoms with van der Waals surface area (Å²) in [4.78, 5) is 12.5. The molecule has 0 spiro atoms. The molecule has 0 bridgehead atoms. The smallest absolute Gasteiger partial charge is 0.176 e. The topological polar surface area (TPSA) is 35.5 Å². The van der Waals surface area contributed by atoms with Gasteiger partial charge in [-0.3, -0.25) is 4.79 Å². The number of rotatable bonds is 6. The van der Waals surface area contributed by atoms with Crippen LogP contribution in [0.2, 0.25) is 0 Å². The Labute approximate surface area is 130 Å². The summed E-state index contributed by atoms with van der Waals surface area (Å²) in [6, 6.07) is 19.5. The number of hydrogen-bond acceptors (Lipinski definition) is 3. The van der Waals surface area contributed by atoms with Crippen LogP contribution in [0.5, 0.6) is 0 Å². The third-order valence-corrected chi connectivity index (χ3v) is 3.98. The second-order valence-corrected chi connectivity index (χ2v) is 5.56. The molecule has 3 rings (SSSR count). The molecule has 114 valence electrons. The fraction of sp³-hybridized carbons (Fsp3) is 0.316. The number of carbonyl (C=O) groups excluding carboxylic acids is 1. The lowest BCUT2D eigenvalue weighted by Crippen LogP contribution is -2.34. The van der Waals surface area contributed by atoms with Crippen molar-refractivity contribution in [3.05, 3.63) is 71.8 Å². The first-order chi connectivity index (χ1) is 10.8. The Bertz CT molecular complexity index is 601. The van der Waals surface area contributed by atoms with E-state index >= 15 is 0 Å². The Hall–Kier alpha value is -1.97. The molecule has 0 unspecified atom stereocenters. The number of Topliss-reactive ketones (excluding diaryl/α,β-unsaturated/α-hetero) is 1. The van der Waals surface area contributed by atoms with Crippen molar-refractivity contribution in [2.24, 2.45) is 0 Å². The molecule has 3 nitrogen and oxygen atoms in total. The third-order valence-electron chi connectivity index (χ3n) is 3.98. The standard InChI is InChI=1S/C19H20O3/c20-18(17-9-5-2-6-10-17)15-19(21-13-14-22-19)12-11-16-7-3-1-4-8-16/h1-10H,11-15H2. The monoisotopic (exact) mass is 296 g/mol. The minimum absolute atomic E-state index is 0.0653. The first-order valence-corrected chi connectivity index (χ1v) is 7.68. The van der Waals surface area contributed by atoms with Crippen LogP contribution in [0.15, 0.2) is 60.7 Å². The van der Waals surface area contributed by atoms with Gasteiger partial charge >= 0.3 is 0 Å². The molecule has 1 fully saturated rings. The van der Waals surface area contributed by atoms with Crippen LogP contribution >= 0.6 is 0 Å². The largest absolute Gasteiger partial charge is 0.347 e. The average Bonchev–Trinajstić information content (AvgIpc) is 3.04. The minimum Gasteiger partial charge on any atom is -0.347 e. The van der Waals surface area contributed by atoms with Crippen molar-refractivity contribution >= 4 is 5.78 Å². The summed E-state index contributed by atoms with van der Waals surface area (Å²) < 4.78 is 11.6. The zero-order chi connectivity index (χ0) is 15.3. The van der Waals surface area contributed by atoms with Crippen LogP contribution < -0.4 is 0 Å². The molecule has 0 amide bonds. The molecule has 0 saturated carbocycles. The van der Waals surface area contributed by atoms with E-state index in [1.54, 1.807) is 0 Å². The van der Waals surface area contributed by atoms with Gasteiger partial charge in [-0.05, 0) is 12.0 Å². The molecule has 1 heterocycles. The van der Waals surface area contributed by atoms with Gasteiger partial charge in [0.2, 0.25) is 0 Å². The van der Waals surface area contributed by atoms with Crippen LogP contribution in [0, 0.1) is 0 Å². The van der Waals surface area contributed by atoms with E-state index in [0.29, 0.717) is 25.2 Å². The van der Waals surface area contributed by atoms with Crippen molar-refractivity contribution in [2.75, 3.05) is 13.2 Å². The van der Waals surface area contributed by atoms with Gasteiger partial charge < -0.3 is 9.47 Å². The Morgan fingerprint density at radius 2 is 1.50 bits per heavy atom. The quantitative estimate of drug-likeness (QED) is 0.764. The van der Waals surface area contributed by atoms with E-state index in [4.69, 9.17) is 9.47 Å². The maximum Gasteiger partial charge on any atom is 0.176 e. The zero-order valence-corrected chi connectivity index (χ0v) is 12.5. The zero-order valence-electron chi connectivity index (χ0n) is 12.5. The van der Waals surface area contributed by atoms with E-state index in [1.165, 1.54) is 5.56 Å². The molecule has 0 aromatic heterocycles. The Kier molecular flexibility index (Phi) is 4.66. The predicted octanol–water partition coefficient (Wildman–Crippen LogP) is 3.64. The number of ketones is 1. The molecule has 1 aliphatic rings. The van der Waals surface area contributed by atoms with Crippen LogP contribution in [-0.2, 0) is 15.9 Å². The fourth-order valence-electron chi connectivity index (χ4n) is 2.78. The van der Waals surface area contributed by atoms with E-state index in [0.717, 1.165) is 6.42 Å². The maximum absolute atomic E-state index is 12.5. The van der Waals surface area contributed by atoms with E-state index in [1.807, 2.05) is 48.5 Å². The number of ether oxygens (including phenoxy) is 2. The van der Waals surface area contributed by atoms with Crippen LogP contribution in [0.25, 0.3) is 0 Å². The fourth-order valence-corrected chi connectivity index (χ4v) is 2.78. The summed E-state index contributed by atoms with van der Waals surface area (Å²) in [6.45, 7) is 1.10. The molecule has 22 heavy (non-hydrogen) atoms. The second kappa shape index (κ2) is 6.86. The number of benzene rings is 2. The van der Waals surface area contributed by atoms with Gasteiger partial charge in [0.05, 0.1) is 19.6 Å². The summed E-state index contributed by atoms with van der Waals surface area (Å²) in [6.07, 6.45) is 1.79. The van der Waals surface area contributed by atoms with Gasteiger partial charge in [0.15, 0.2) is 11.6 Å². The SMILES string of the molecule is O=C(CC1(CCc2ccccc2)OCCO1)c1ccccc1. The van der Waals surface area contributed by atoms with E-state index in [9.17, 15) is 4.79 Å². The molecule has 1 saturated heterocycles. The van der Waals surface area contributed by atoms with Crippen LogP contribution in [0.3, 0.4) is 0 Å². The summed E-state index contributed by atoms with van der Waals surface area (Å²) in [5.74, 6) is -0.710. The van der Waals surface area contributed by atoms with Crippen LogP contribution in [0.1, 0.15) is 28.8 Å². The van der Waals surface area contributed by atoms with E-state index < -0.39 is 5.79 Å². The second-order valence-electron chi connectivity index (χ2n) is 5.56. The highest BCUT2D eigenvalue weighted by atomic mass is 16.7. The Morgan fingerprint density at radius 3 is 2.14 bits per heavy atom. The van der Waals surface area contributed by atoms with Crippen molar-refractivity contribution in [1.29, 1.82) is 0 Å². The molecule has 2 aromatic carbocycles. The molecule has 0 aliphatic carbocycles. The first-order valence-electron chi connectivity index (χ1n) is 7.68. The third kappa shape index (κ3) is 3.62. The van der Waals surface area contributed by atoms with Crippen molar-refractivity contribution < 1.29 is 14.3 Å². The molecule has 0 N–H and O–H groups in total. The molecule has 0 atom stereocenters. The van der Waals surface area contributed by atoms with E-state index in [-0.39, 0.29) is 12.2 Å². The summed E-state index contributed by atoms with van der Waals surface area (Å²) >= 11 is 0. The molecule has 1 aliphatic heterocycles. The molecule has 2 aromatic rings. The van der Waals surface area contributed by atoms with Gasteiger partial charge in [-0.25, -0.2) is 0 Å². The highest BCUT2D eigenvalue weighted by molar-refractivity contribution is 5.96. The van der Waals surface area contributed by atoms with Crippen LogP contribution in [-0.4, -0.2) is 24.8 Å². The van der Waals surface area contributed by atoms with Crippen molar-refractivity contribution in [3.8, 4) is 0 Å². The lowest BCUT2D eigenvalue weighted by Gasteiger charge is -2.27. The van der Waals surface area contributed by atoms with Crippen molar-refractivity contribution in [1.82, 2.24) is 0 Å². The summed E-state index contributed by atoms with van der Waals surface area (Å²) in [5, 5.41) is 0. The number of hydrogen-bond donors (Lipinski definition) is 0. The van der Waals surface area contributed by atoms with Crippen molar-refractivity contribution in [2.45, 2.75) is 25.0 Å². The number of carbonyl (C=O) groups is 1. The molecule has 3 heteroatoms. The molecular formula is C19H20O3. The van der Waals surface area contributed by atoms with Gasteiger partial charge in [-0.2, -0.15) is 0 Å². The Morgan fingerprint density at radius 1 is 0.909 bits per heavy atom. The Balaban J connectivity index is 1.68. The molecule has 0 radical (unpaired) electrons. The average molecular weight is 296 g/mol. The highest BCUT2D eigenvalue weighted by Gasteiger charge is 2.38. The normalized spacial score (nSPS) is 16.5. The van der Waals surface area contributed by atoms with Gasteiger partial charge in [0, 0.05) is 12.0 Å². The lowest BCUT2D eigenvalue weighted by molar-refractivity contribution is -0.158. The van der Waals surface area contributed by atoms with Gasteiger partial charge in [0.25, 0.3) is 0 Å². The predicted molar refractivity (Wildman–Crippen MR) is 84.8 cm³/mol. The first kappa shape index (κ1) is 14.9. The highest BCUT2D eigenvalue weighted by Crippen LogP contribution is 2.30. The summed E-state index contributed by atoms with van der Waals surface area (Å²) in [7, 11) is 0. The minimum atomic E-state index is -0.775.